The van der Waals surface area contributed by atoms with Crippen molar-refractivity contribution in [2.45, 2.75) is 25.8 Å². The van der Waals surface area contributed by atoms with Crippen LogP contribution >= 0.6 is 15.9 Å². The van der Waals surface area contributed by atoms with E-state index in [1.807, 2.05) is 6.07 Å². The fraction of sp³-hybridized carbons (Fsp3) is 0.333. The average molecular weight is 335 g/mol. The van der Waals surface area contributed by atoms with Crippen molar-refractivity contribution in [1.29, 1.82) is 0 Å². The zero-order chi connectivity index (χ0) is 14.6. The molecule has 0 bridgehead atoms. The topological polar surface area (TPSA) is 63.8 Å². The van der Waals surface area contributed by atoms with Gasteiger partial charge in [0.25, 0.3) is 0 Å². The van der Waals surface area contributed by atoms with Crippen LogP contribution in [0.4, 0.5) is 5.82 Å². The van der Waals surface area contributed by atoms with Crippen molar-refractivity contribution in [2.24, 2.45) is 5.73 Å². The van der Waals surface area contributed by atoms with Gasteiger partial charge in [-0.1, -0.05) is 41.9 Å². The Kier molecular flexibility index (Phi) is 4.73. The minimum absolute atomic E-state index is 0.00846. The molecule has 20 heavy (non-hydrogen) atoms. The molecule has 0 atom stereocenters. The van der Waals surface area contributed by atoms with Gasteiger partial charge in [0.15, 0.2) is 0 Å². The van der Waals surface area contributed by atoms with Gasteiger partial charge in [-0.15, -0.1) is 0 Å². The molecular weight excluding hydrogens is 316 g/mol. The first kappa shape index (κ1) is 14.9. The summed E-state index contributed by atoms with van der Waals surface area (Å²) in [5.74, 6) is 1.46. The second kappa shape index (κ2) is 6.33. The summed E-state index contributed by atoms with van der Waals surface area (Å²) in [6.45, 7) is 5.55. The Morgan fingerprint density at radius 3 is 2.55 bits per heavy atom. The van der Waals surface area contributed by atoms with Gasteiger partial charge in [-0.3, -0.25) is 0 Å². The first-order chi connectivity index (χ1) is 9.51. The smallest absolute Gasteiger partial charge is 0.144 e. The summed E-state index contributed by atoms with van der Waals surface area (Å²) in [5.41, 5.74) is 6.84. The first-order valence-electron chi connectivity index (χ1n) is 6.53. The number of nitrogens with zero attached hydrogens (tertiary/aromatic N) is 2. The highest BCUT2D eigenvalue weighted by Crippen LogP contribution is 2.25. The summed E-state index contributed by atoms with van der Waals surface area (Å²) in [4.78, 5) is 8.44. The zero-order valence-corrected chi connectivity index (χ0v) is 13.3. The maximum Gasteiger partial charge on any atom is 0.144 e. The standard InChI is InChI=1S/C15H19BrN4/c1-15(2,11-3-5-12(16)6-4-11)10-19-13-7-8-18-14(9-17)20-13/h3-8H,9-10,17H2,1-2H3,(H,18,19,20). The molecule has 0 aliphatic rings. The van der Waals surface area contributed by atoms with Crippen LogP contribution in [0.25, 0.3) is 0 Å². The molecule has 0 saturated heterocycles. The van der Waals surface area contributed by atoms with Gasteiger partial charge in [-0.05, 0) is 23.8 Å². The Hall–Kier alpha value is -1.46. The number of hydrogen-bond donors (Lipinski definition) is 2. The molecule has 0 aliphatic heterocycles. The fourth-order valence-corrected chi connectivity index (χ4v) is 2.17. The second-order valence-electron chi connectivity index (χ2n) is 5.31. The van der Waals surface area contributed by atoms with Crippen LogP contribution in [0.15, 0.2) is 41.0 Å². The van der Waals surface area contributed by atoms with Gasteiger partial charge in [-0.2, -0.15) is 0 Å². The first-order valence-corrected chi connectivity index (χ1v) is 7.32. The van der Waals surface area contributed by atoms with Gasteiger partial charge >= 0.3 is 0 Å². The van der Waals surface area contributed by atoms with Gasteiger partial charge in [0.2, 0.25) is 0 Å². The van der Waals surface area contributed by atoms with Crippen LogP contribution in [0.2, 0.25) is 0 Å². The van der Waals surface area contributed by atoms with Crippen LogP contribution < -0.4 is 11.1 Å². The predicted molar refractivity (Wildman–Crippen MR) is 85.6 cm³/mol. The van der Waals surface area contributed by atoms with Crippen LogP contribution in [-0.2, 0) is 12.0 Å². The summed E-state index contributed by atoms with van der Waals surface area (Å²) in [6.07, 6.45) is 1.73. The highest BCUT2D eigenvalue weighted by atomic mass is 79.9. The average Bonchev–Trinajstić information content (AvgIpc) is 2.46. The van der Waals surface area contributed by atoms with Gasteiger partial charge < -0.3 is 11.1 Å². The van der Waals surface area contributed by atoms with Crippen LogP contribution in [0.5, 0.6) is 0 Å². The molecule has 2 rings (SSSR count). The number of anilines is 1. The Morgan fingerprint density at radius 2 is 1.90 bits per heavy atom. The van der Waals surface area contributed by atoms with Crippen molar-refractivity contribution in [3.05, 3.63) is 52.4 Å². The molecule has 106 valence electrons. The highest BCUT2D eigenvalue weighted by molar-refractivity contribution is 9.10. The van der Waals surface area contributed by atoms with E-state index in [1.54, 1.807) is 6.20 Å². The number of rotatable bonds is 5. The van der Waals surface area contributed by atoms with E-state index in [4.69, 9.17) is 5.73 Å². The van der Waals surface area contributed by atoms with E-state index < -0.39 is 0 Å². The third kappa shape index (κ3) is 3.77. The lowest BCUT2D eigenvalue weighted by atomic mass is 9.84. The molecule has 3 N–H and O–H groups in total. The summed E-state index contributed by atoms with van der Waals surface area (Å²) in [6, 6.07) is 10.3. The highest BCUT2D eigenvalue weighted by Gasteiger charge is 2.20. The molecule has 5 heteroatoms. The Balaban J connectivity index is 2.06. The molecule has 0 radical (unpaired) electrons. The molecule has 0 aliphatic carbocycles. The quantitative estimate of drug-likeness (QED) is 0.881. The van der Waals surface area contributed by atoms with Crippen molar-refractivity contribution in [3.63, 3.8) is 0 Å². The third-order valence-electron chi connectivity index (χ3n) is 3.23. The summed E-state index contributed by atoms with van der Waals surface area (Å²) >= 11 is 3.46. The van der Waals surface area contributed by atoms with Gasteiger partial charge in [0, 0.05) is 22.6 Å². The molecule has 0 amide bonds. The number of hydrogen-bond acceptors (Lipinski definition) is 4. The molecule has 1 aromatic carbocycles. The molecule has 1 heterocycles. The van der Waals surface area contributed by atoms with Crippen molar-refractivity contribution in [2.75, 3.05) is 11.9 Å². The lowest BCUT2D eigenvalue weighted by molar-refractivity contribution is 0.556. The Bertz CT molecular complexity index is 566. The van der Waals surface area contributed by atoms with Crippen LogP contribution in [0, 0.1) is 0 Å². The van der Waals surface area contributed by atoms with Crippen molar-refractivity contribution in [1.82, 2.24) is 9.97 Å². The number of halogens is 1. The molecule has 1 aromatic heterocycles. The van der Waals surface area contributed by atoms with Crippen LogP contribution in [0.1, 0.15) is 25.2 Å². The maximum absolute atomic E-state index is 5.55. The van der Waals surface area contributed by atoms with Crippen molar-refractivity contribution < 1.29 is 0 Å². The van der Waals surface area contributed by atoms with E-state index in [0.29, 0.717) is 12.4 Å². The Labute approximate surface area is 128 Å². The van der Waals surface area contributed by atoms with Gasteiger partial charge in [0.1, 0.15) is 11.6 Å². The molecular formula is C15H19BrN4. The molecule has 0 saturated carbocycles. The maximum atomic E-state index is 5.55. The summed E-state index contributed by atoms with van der Waals surface area (Å²) in [7, 11) is 0. The number of nitrogens with two attached hydrogens (primary N) is 1. The van der Waals surface area contributed by atoms with Gasteiger partial charge in [0.05, 0.1) is 6.54 Å². The monoisotopic (exact) mass is 334 g/mol. The predicted octanol–water partition coefficient (Wildman–Crippen LogP) is 3.09. The molecule has 0 unspecified atom stereocenters. The summed E-state index contributed by atoms with van der Waals surface area (Å²) in [5, 5.41) is 3.35. The molecule has 2 aromatic rings. The molecule has 4 nitrogen and oxygen atoms in total. The van der Waals surface area contributed by atoms with E-state index in [1.165, 1.54) is 5.56 Å². The van der Waals surface area contributed by atoms with Crippen LogP contribution in [0.3, 0.4) is 0 Å². The van der Waals surface area contributed by atoms with E-state index >= 15 is 0 Å². The number of aromatic nitrogens is 2. The SMILES string of the molecule is CC(C)(CNc1ccnc(CN)n1)c1ccc(Br)cc1. The molecule has 0 fully saturated rings. The lowest BCUT2D eigenvalue weighted by Crippen LogP contribution is -2.28. The minimum atomic E-state index is 0.00846. The van der Waals surface area contributed by atoms with E-state index in [2.05, 4.69) is 69.3 Å². The summed E-state index contributed by atoms with van der Waals surface area (Å²) < 4.78 is 1.09. The minimum Gasteiger partial charge on any atom is -0.369 e. The van der Waals surface area contributed by atoms with Crippen LogP contribution in [-0.4, -0.2) is 16.5 Å². The number of nitrogens with one attached hydrogen (secondary N) is 1. The van der Waals surface area contributed by atoms with E-state index in [9.17, 15) is 0 Å². The Morgan fingerprint density at radius 1 is 1.20 bits per heavy atom. The lowest BCUT2D eigenvalue weighted by Gasteiger charge is -2.26. The number of benzene rings is 1. The third-order valence-corrected chi connectivity index (χ3v) is 3.75. The molecule has 0 spiro atoms. The zero-order valence-electron chi connectivity index (χ0n) is 11.7. The van der Waals surface area contributed by atoms with Gasteiger partial charge in [-0.25, -0.2) is 9.97 Å². The van der Waals surface area contributed by atoms with Crippen molar-refractivity contribution in [3.8, 4) is 0 Å². The van der Waals surface area contributed by atoms with E-state index in [-0.39, 0.29) is 5.41 Å². The normalized spacial score (nSPS) is 11.4. The van der Waals surface area contributed by atoms with Crippen molar-refractivity contribution >= 4 is 21.7 Å². The van der Waals surface area contributed by atoms with E-state index in [0.717, 1.165) is 16.8 Å². The largest absolute Gasteiger partial charge is 0.369 e. The fourth-order valence-electron chi connectivity index (χ4n) is 1.91. The second-order valence-corrected chi connectivity index (χ2v) is 6.22.